The Balaban J connectivity index is 2.05. The number of nitrogens with zero attached hydrogens (tertiary/aromatic N) is 3. The van der Waals surface area contributed by atoms with Gasteiger partial charge < -0.3 is 15.0 Å². The lowest BCUT2D eigenvalue weighted by Gasteiger charge is -2.15. The summed E-state index contributed by atoms with van der Waals surface area (Å²) in [6, 6.07) is 9.61. The Kier molecular flexibility index (Phi) is 5.76. The molecule has 0 unspecified atom stereocenters. The summed E-state index contributed by atoms with van der Waals surface area (Å²) in [6.45, 7) is -1.48. The van der Waals surface area contributed by atoms with Crippen molar-refractivity contribution in [2.24, 2.45) is 0 Å². The number of hydrogen-bond donors (Lipinski definition) is 1. The van der Waals surface area contributed by atoms with Gasteiger partial charge in [-0.2, -0.15) is 5.26 Å². The van der Waals surface area contributed by atoms with Crippen LogP contribution >= 0.6 is 0 Å². The molecular formula is C26H27FN4O2. The molecule has 7 heteroatoms. The molecule has 0 atom stereocenters. The Morgan fingerprint density at radius 2 is 2.24 bits per heavy atom. The van der Waals surface area contributed by atoms with Gasteiger partial charge in [0.25, 0.3) is 0 Å². The third-order valence-electron chi connectivity index (χ3n) is 4.86. The number of nitriles is 1. The number of fused-ring (bicyclic) bond motifs is 1. The summed E-state index contributed by atoms with van der Waals surface area (Å²) < 4.78 is 57.1. The fourth-order valence-corrected chi connectivity index (χ4v) is 3.28. The third kappa shape index (κ3) is 5.93. The first kappa shape index (κ1) is 17.8. The van der Waals surface area contributed by atoms with Crippen molar-refractivity contribution >= 4 is 28.1 Å². The van der Waals surface area contributed by atoms with Gasteiger partial charge in [0.05, 0.1) is 26.1 Å². The molecule has 0 fully saturated rings. The SMILES string of the molecule is [2H]C([2H])(C)Oc1cc2ncc(C#N)c(Nc3ccc(F)c(C)c3)c2cc1CC(=O)/C=C/CN(C)C([2H])([2H])[2H]. The first-order valence-corrected chi connectivity index (χ1v) is 10.2. The number of ether oxygens (including phenoxy) is 1. The van der Waals surface area contributed by atoms with E-state index in [1.54, 1.807) is 19.1 Å². The van der Waals surface area contributed by atoms with E-state index in [1.165, 1.54) is 50.5 Å². The number of allylic oxidation sites excluding steroid dienone is 1. The number of aryl methyl sites for hydroxylation is 1. The van der Waals surface area contributed by atoms with E-state index < -0.39 is 13.5 Å². The number of likely N-dealkylation sites (N-methyl/N-ethyl adjacent to an activating group) is 1. The van der Waals surface area contributed by atoms with E-state index in [0.717, 1.165) is 4.90 Å². The normalized spacial score (nSPS) is 14.2. The molecule has 0 aliphatic rings. The highest BCUT2D eigenvalue weighted by molar-refractivity contribution is 5.98. The fraction of sp³-hybridized carbons (Fsp3) is 0.269. The van der Waals surface area contributed by atoms with E-state index in [1.807, 2.05) is 0 Å². The van der Waals surface area contributed by atoms with E-state index in [-0.39, 0.29) is 35.9 Å². The van der Waals surface area contributed by atoms with Crippen LogP contribution < -0.4 is 10.1 Å². The number of benzene rings is 2. The van der Waals surface area contributed by atoms with Crippen molar-refractivity contribution in [3.63, 3.8) is 0 Å². The molecule has 3 aromatic rings. The van der Waals surface area contributed by atoms with Crippen molar-refractivity contribution < 1.29 is 20.8 Å². The molecule has 0 spiro atoms. The molecule has 1 N–H and O–H groups in total. The van der Waals surface area contributed by atoms with E-state index in [0.29, 0.717) is 33.4 Å². The number of aromatic nitrogens is 1. The topological polar surface area (TPSA) is 78.2 Å². The maximum Gasteiger partial charge on any atom is 0.159 e. The lowest BCUT2D eigenvalue weighted by molar-refractivity contribution is -0.114. The molecule has 1 aromatic heterocycles. The summed E-state index contributed by atoms with van der Waals surface area (Å²) in [5, 5.41) is 13.3. The van der Waals surface area contributed by atoms with Crippen LogP contribution in [0.3, 0.4) is 0 Å². The molecule has 0 aliphatic heterocycles. The number of rotatable bonds is 9. The first-order valence-electron chi connectivity index (χ1n) is 12.7. The lowest BCUT2D eigenvalue weighted by Crippen LogP contribution is -2.11. The maximum atomic E-state index is 13.8. The van der Waals surface area contributed by atoms with Crippen LogP contribution in [0.2, 0.25) is 0 Å². The van der Waals surface area contributed by atoms with Gasteiger partial charge in [-0.1, -0.05) is 6.08 Å². The monoisotopic (exact) mass is 451 g/mol. The van der Waals surface area contributed by atoms with E-state index >= 15 is 0 Å². The quantitative estimate of drug-likeness (QED) is 0.465. The Labute approximate surface area is 200 Å². The minimum absolute atomic E-state index is 0.0292. The Morgan fingerprint density at radius 1 is 1.42 bits per heavy atom. The number of pyridine rings is 1. The summed E-state index contributed by atoms with van der Waals surface area (Å²) in [5.74, 6) is -0.629. The number of ketones is 1. The Bertz CT molecular complexity index is 1430. The standard InChI is InChI=1S/C26H27FN4O2/c1-5-33-25-14-24-22(13-18(25)12-21(32)7-6-10-31(3)4)26(19(15-28)16-29-24)30-20-8-9-23(27)17(2)11-20/h6-9,11,13-14,16H,5,10,12H2,1-4H3,(H,29,30)/b7-6+/i3D3,5D2. The van der Waals surface area contributed by atoms with E-state index in [9.17, 15) is 14.4 Å². The van der Waals surface area contributed by atoms with E-state index in [4.69, 9.17) is 11.6 Å². The molecule has 3 rings (SSSR count). The molecule has 0 saturated carbocycles. The second kappa shape index (κ2) is 10.7. The van der Waals surface area contributed by atoms with Crippen LogP contribution in [0, 0.1) is 24.1 Å². The highest BCUT2D eigenvalue weighted by Crippen LogP contribution is 2.34. The van der Waals surface area contributed by atoms with Gasteiger partial charge in [-0.15, -0.1) is 0 Å². The highest BCUT2D eigenvalue weighted by atomic mass is 19.1. The molecule has 6 nitrogen and oxygen atoms in total. The third-order valence-corrected chi connectivity index (χ3v) is 4.86. The van der Waals surface area contributed by atoms with Crippen LogP contribution in [0.15, 0.2) is 48.7 Å². The van der Waals surface area contributed by atoms with Gasteiger partial charge >= 0.3 is 0 Å². The molecular weight excluding hydrogens is 419 g/mol. The minimum atomic E-state index is -2.29. The molecule has 0 saturated heterocycles. The first-order chi connectivity index (χ1) is 17.7. The fourth-order valence-electron chi connectivity index (χ4n) is 3.28. The molecule has 0 amide bonds. The Hall–Kier alpha value is -3.76. The zero-order chi connectivity index (χ0) is 28.3. The molecule has 0 bridgehead atoms. The van der Waals surface area contributed by atoms with Crippen molar-refractivity contribution in [3.8, 4) is 11.8 Å². The van der Waals surface area contributed by atoms with Gasteiger partial charge in [-0.3, -0.25) is 9.78 Å². The van der Waals surface area contributed by atoms with Crippen molar-refractivity contribution in [1.29, 1.82) is 5.26 Å². The summed E-state index contributed by atoms with van der Waals surface area (Å²) in [6.07, 6.45) is 3.89. The highest BCUT2D eigenvalue weighted by Gasteiger charge is 2.16. The van der Waals surface area contributed by atoms with Gasteiger partial charge in [0, 0.05) is 46.0 Å². The largest absolute Gasteiger partial charge is 0.494 e. The predicted molar refractivity (Wildman–Crippen MR) is 128 cm³/mol. The number of halogens is 1. The number of hydrogen-bond acceptors (Lipinski definition) is 6. The molecule has 1 heterocycles. The molecule has 33 heavy (non-hydrogen) atoms. The van der Waals surface area contributed by atoms with Gasteiger partial charge in [0.15, 0.2) is 5.78 Å². The number of carbonyl (C=O) groups excluding carboxylic acids is 1. The van der Waals surface area contributed by atoms with Crippen molar-refractivity contribution in [2.75, 3.05) is 32.4 Å². The maximum absolute atomic E-state index is 13.8. The average molecular weight is 452 g/mol. The molecule has 0 aliphatic carbocycles. The van der Waals surface area contributed by atoms with Crippen LogP contribution in [-0.4, -0.2) is 42.8 Å². The minimum Gasteiger partial charge on any atom is -0.494 e. The Morgan fingerprint density at radius 3 is 2.94 bits per heavy atom. The second-order valence-electron chi connectivity index (χ2n) is 7.46. The zero-order valence-corrected chi connectivity index (χ0v) is 18.6. The number of carbonyl (C=O) groups is 1. The van der Waals surface area contributed by atoms with Gasteiger partial charge in [0.2, 0.25) is 0 Å². The lowest BCUT2D eigenvalue weighted by atomic mass is 10.0. The van der Waals surface area contributed by atoms with Crippen LogP contribution in [0.25, 0.3) is 10.9 Å². The smallest absolute Gasteiger partial charge is 0.159 e. The molecule has 170 valence electrons. The molecule has 2 aromatic carbocycles. The second-order valence-corrected chi connectivity index (χ2v) is 7.46. The van der Waals surface area contributed by atoms with Crippen LogP contribution in [0.1, 0.15) is 30.5 Å². The van der Waals surface area contributed by atoms with Gasteiger partial charge in [-0.05, 0) is 63.8 Å². The van der Waals surface area contributed by atoms with Crippen LogP contribution in [0.4, 0.5) is 15.8 Å². The average Bonchev–Trinajstić information content (AvgIpc) is 2.80. The van der Waals surface area contributed by atoms with Crippen LogP contribution in [-0.2, 0) is 11.2 Å². The molecule has 0 radical (unpaired) electrons. The number of nitrogens with one attached hydrogen (secondary N) is 1. The summed E-state index contributed by atoms with van der Waals surface area (Å²) in [4.78, 5) is 18.2. The van der Waals surface area contributed by atoms with Crippen LogP contribution in [0.5, 0.6) is 5.75 Å². The van der Waals surface area contributed by atoms with Gasteiger partial charge in [0.1, 0.15) is 17.6 Å². The van der Waals surface area contributed by atoms with E-state index in [2.05, 4.69) is 16.4 Å². The van der Waals surface area contributed by atoms with Crippen molar-refractivity contribution in [1.82, 2.24) is 9.88 Å². The summed E-state index contributed by atoms with van der Waals surface area (Å²) >= 11 is 0. The number of anilines is 2. The zero-order valence-electron chi connectivity index (χ0n) is 23.6. The predicted octanol–water partition coefficient (Wildman–Crippen LogP) is 4.93. The van der Waals surface area contributed by atoms with Gasteiger partial charge in [-0.25, -0.2) is 4.39 Å². The van der Waals surface area contributed by atoms with Crippen molar-refractivity contribution in [2.45, 2.75) is 20.3 Å². The summed E-state index contributed by atoms with van der Waals surface area (Å²) in [7, 11) is 1.41. The van der Waals surface area contributed by atoms with Crippen molar-refractivity contribution in [3.05, 3.63) is 71.2 Å². The summed E-state index contributed by atoms with van der Waals surface area (Å²) in [5.41, 5.74) is 2.28.